The van der Waals surface area contributed by atoms with Crippen LogP contribution >= 0.6 is 0 Å². The summed E-state index contributed by atoms with van der Waals surface area (Å²) < 4.78 is 0. The summed E-state index contributed by atoms with van der Waals surface area (Å²) >= 11 is 0. The molecule has 2 aliphatic carbocycles. The zero-order chi connectivity index (χ0) is 7.95. The van der Waals surface area contributed by atoms with E-state index in [-0.39, 0.29) is 0 Å². The molecule has 2 aliphatic rings. The second-order valence-corrected chi connectivity index (χ2v) is 5.02. The van der Waals surface area contributed by atoms with Gasteiger partial charge in [-0.1, -0.05) is 6.92 Å². The maximum Gasteiger partial charge on any atom is 0.000501 e. The molecule has 2 saturated carbocycles. The highest BCUT2D eigenvalue weighted by Crippen LogP contribution is 2.60. The fraction of sp³-hybridized carbons (Fsp3) is 1.00. The summed E-state index contributed by atoms with van der Waals surface area (Å²) in [5.41, 5.74) is 1.44. The highest BCUT2D eigenvalue weighted by Gasteiger charge is 2.50. The summed E-state index contributed by atoms with van der Waals surface area (Å²) in [5, 5.41) is 3.35. The molecule has 1 nitrogen and oxygen atoms in total. The number of rotatable bonds is 2. The Morgan fingerprint density at radius 3 is 2.18 bits per heavy atom. The lowest BCUT2D eigenvalue weighted by atomic mass is 9.83. The molecule has 0 spiro atoms. The van der Waals surface area contributed by atoms with E-state index in [1.807, 2.05) is 0 Å². The predicted octanol–water partition coefficient (Wildman–Crippen LogP) is 2.18. The van der Waals surface area contributed by atoms with Crippen molar-refractivity contribution < 1.29 is 0 Å². The second-order valence-electron chi connectivity index (χ2n) is 5.02. The first-order valence-corrected chi connectivity index (χ1v) is 4.83. The third-order valence-electron chi connectivity index (χ3n) is 3.87. The molecule has 0 aromatic carbocycles. The van der Waals surface area contributed by atoms with E-state index in [0.717, 1.165) is 5.41 Å². The highest BCUT2D eigenvalue weighted by atomic mass is 14.8. The summed E-state index contributed by atoms with van der Waals surface area (Å²) in [6.45, 7) is 3.72. The second kappa shape index (κ2) is 2.22. The zero-order valence-electron chi connectivity index (χ0n) is 7.74. The fourth-order valence-corrected chi connectivity index (χ4v) is 3.26. The number of fused-ring (bicyclic) bond motifs is 2. The van der Waals surface area contributed by atoms with Crippen molar-refractivity contribution in [1.29, 1.82) is 0 Å². The van der Waals surface area contributed by atoms with E-state index in [1.165, 1.54) is 38.6 Å². The monoisotopic (exact) mass is 153 g/mol. The molecule has 64 valence electrons. The summed E-state index contributed by atoms with van der Waals surface area (Å²) in [6, 6.07) is 0. The SMILES string of the molecule is CNCC12CCC(C)(CC1)C2. The molecule has 2 fully saturated rings. The Morgan fingerprint density at radius 2 is 1.82 bits per heavy atom. The third-order valence-corrected chi connectivity index (χ3v) is 3.87. The number of hydrogen-bond donors (Lipinski definition) is 1. The Bertz CT molecular complexity index is 149. The van der Waals surface area contributed by atoms with Gasteiger partial charge in [0.05, 0.1) is 0 Å². The van der Waals surface area contributed by atoms with E-state index in [0.29, 0.717) is 5.41 Å². The van der Waals surface area contributed by atoms with Crippen LogP contribution in [0.25, 0.3) is 0 Å². The van der Waals surface area contributed by atoms with Gasteiger partial charge < -0.3 is 5.32 Å². The van der Waals surface area contributed by atoms with Crippen molar-refractivity contribution in [2.24, 2.45) is 10.8 Å². The first-order chi connectivity index (χ1) is 5.18. The average molecular weight is 153 g/mol. The van der Waals surface area contributed by atoms with Crippen molar-refractivity contribution >= 4 is 0 Å². The molecule has 0 aliphatic heterocycles. The minimum atomic E-state index is 0.712. The molecular weight excluding hydrogens is 134 g/mol. The van der Waals surface area contributed by atoms with E-state index >= 15 is 0 Å². The van der Waals surface area contributed by atoms with E-state index in [2.05, 4.69) is 19.3 Å². The first kappa shape index (κ1) is 7.60. The molecular formula is C10H19N. The van der Waals surface area contributed by atoms with Crippen molar-refractivity contribution in [3.63, 3.8) is 0 Å². The van der Waals surface area contributed by atoms with E-state index in [9.17, 15) is 0 Å². The van der Waals surface area contributed by atoms with Crippen LogP contribution in [0.3, 0.4) is 0 Å². The van der Waals surface area contributed by atoms with E-state index < -0.39 is 0 Å². The van der Waals surface area contributed by atoms with Crippen LogP contribution in [0.4, 0.5) is 0 Å². The molecule has 0 radical (unpaired) electrons. The molecule has 2 rings (SSSR count). The van der Waals surface area contributed by atoms with Gasteiger partial charge in [0.25, 0.3) is 0 Å². The van der Waals surface area contributed by atoms with Crippen LogP contribution in [-0.4, -0.2) is 13.6 Å². The number of nitrogens with one attached hydrogen (secondary N) is 1. The van der Waals surface area contributed by atoms with Crippen LogP contribution in [0.1, 0.15) is 39.0 Å². The zero-order valence-corrected chi connectivity index (χ0v) is 7.74. The van der Waals surface area contributed by atoms with Crippen molar-refractivity contribution in [1.82, 2.24) is 5.32 Å². The predicted molar refractivity (Wildman–Crippen MR) is 47.6 cm³/mol. The van der Waals surface area contributed by atoms with E-state index in [1.54, 1.807) is 0 Å². The molecule has 0 aromatic rings. The van der Waals surface area contributed by atoms with Gasteiger partial charge in [0.2, 0.25) is 0 Å². The lowest BCUT2D eigenvalue weighted by Gasteiger charge is -2.26. The van der Waals surface area contributed by atoms with Crippen molar-refractivity contribution in [2.75, 3.05) is 13.6 Å². The van der Waals surface area contributed by atoms with Gasteiger partial charge >= 0.3 is 0 Å². The van der Waals surface area contributed by atoms with Crippen LogP contribution in [-0.2, 0) is 0 Å². The summed E-state index contributed by atoms with van der Waals surface area (Å²) in [7, 11) is 2.09. The van der Waals surface area contributed by atoms with Gasteiger partial charge in [-0.3, -0.25) is 0 Å². The van der Waals surface area contributed by atoms with Gasteiger partial charge in [-0.05, 0) is 50.0 Å². The van der Waals surface area contributed by atoms with Crippen molar-refractivity contribution in [2.45, 2.75) is 39.0 Å². The lowest BCUT2D eigenvalue weighted by Crippen LogP contribution is -2.28. The van der Waals surface area contributed by atoms with Crippen molar-refractivity contribution in [3.05, 3.63) is 0 Å². The Hall–Kier alpha value is -0.0400. The molecule has 1 N–H and O–H groups in total. The minimum Gasteiger partial charge on any atom is -0.319 e. The Balaban J connectivity index is 2.08. The largest absolute Gasteiger partial charge is 0.319 e. The summed E-state index contributed by atoms with van der Waals surface area (Å²) in [6.07, 6.45) is 7.40. The Labute approximate surface area is 69.6 Å². The Kier molecular flexibility index (Phi) is 1.54. The Morgan fingerprint density at radius 1 is 1.18 bits per heavy atom. The maximum absolute atomic E-state index is 3.35. The third kappa shape index (κ3) is 1.10. The molecule has 0 aromatic heterocycles. The smallest absolute Gasteiger partial charge is 0.000501 e. The molecule has 11 heavy (non-hydrogen) atoms. The van der Waals surface area contributed by atoms with Crippen LogP contribution in [0, 0.1) is 10.8 Å². The summed E-state index contributed by atoms with van der Waals surface area (Å²) in [5.74, 6) is 0. The minimum absolute atomic E-state index is 0.712. The van der Waals surface area contributed by atoms with Crippen LogP contribution in [0.15, 0.2) is 0 Å². The van der Waals surface area contributed by atoms with Gasteiger partial charge in [0.15, 0.2) is 0 Å². The van der Waals surface area contributed by atoms with Gasteiger partial charge in [-0.15, -0.1) is 0 Å². The standard InChI is InChI=1S/C10H19N/c1-9-3-5-10(7-9,6-4-9)8-11-2/h11H,3-8H2,1-2H3. The molecule has 2 bridgehead atoms. The fourth-order valence-electron chi connectivity index (χ4n) is 3.26. The normalized spacial score (nSPS) is 48.5. The van der Waals surface area contributed by atoms with Gasteiger partial charge in [0.1, 0.15) is 0 Å². The molecule has 0 unspecified atom stereocenters. The topological polar surface area (TPSA) is 12.0 Å². The molecule has 0 saturated heterocycles. The highest BCUT2D eigenvalue weighted by molar-refractivity contribution is 5.02. The van der Waals surface area contributed by atoms with E-state index in [4.69, 9.17) is 0 Å². The van der Waals surface area contributed by atoms with Crippen LogP contribution in [0.2, 0.25) is 0 Å². The number of hydrogen-bond acceptors (Lipinski definition) is 1. The van der Waals surface area contributed by atoms with Crippen molar-refractivity contribution in [3.8, 4) is 0 Å². The molecule has 1 heteroatoms. The van der Waals surface area contributed by atoms with Gasteiger partial charge in [-0.2, -0.15) is 0 Å². The first-order valence-electron chi connectivity index (χ1n) is 4.83. The van der Waals surface area contributed by atoms with Crippen LogP contribution < -0.4 is 5.32 Å². The van der Waals surface area contributed by atoms with Crippen LogP contribution in [0.5, 0.6) is 0 Å². The molecule has 0 heterocycles. The maximum atomic E-state index is 3.35. The van der Waals surface area contributed by atoms with Gasteiger partial charge in [0, 0.05) is 6.54 Å². The quantitative estimate of drug-likeness (QED) is 0.641. The lowest BCUT2D eigenvalue weighted by molar-refractivity contribution is 0.279. The molecule has 0 amide bonds. The summed E-state index contributed by atoms with van der Waals surface area (Å²) in [4.78, 5) is 0. The average Bonchev–Trinajstić information content (AvgIpc) is 2.42. The van der Waals surface area contributed by atoms with Gasteiger partial charge in [-0.25, -0.2) is 0 Å². The molecule has 0 atom stereocenters.